The highest BCUT2D eigenvalue weighted by Crippen LogP contribution is 2.32. The Kier molecular flexibility index (Phi) is 2.42. The third-order valence-electron chi connectivity index (χ3n) is 2.68. The lowest BCUT2D eigenvalue weighted by molar-refractivity contribution is -0.0255. The monoisotopic (exact) mass is 225 g/mol. The molecule has 86 valence electrons. The summed E-state index contributed by atoms with van der Waals surface area (Å²) in [4.78, 5) is 4.04. The molecule has 0 spiro atoms. The molecule has 0 fully saturated rings. The number of benzene rings is 1. The average molecular weight is 225 g/mol. The Balaban J connectivity index is 2.55. The van der Waals surface area contributed by atoms with Crippen molar-refractivity contribution in [1.29, 1.82) is 0 Å². The molecule has 0 aliphatic rings. The number of rotatable bonds is 2. The zero-order chi connectivity index (χ0) is 11.9. The van der Waals surface area contributed by atoms with E-state index in [2.05, 4.69) is 4.98 Å². The van der Waals surface area contributed by atoms with Gasteiger partial charge >= 0.3 is 0 Å². The van der Waals surface area contributed by atoms with Crippen molar-refractivity contribution in [1.82, 2.24) is 9.55 Å². The van der Waals surface area contributed by atoms with Crippen LogP contribution in [0.1, 0.15) is 12.5 Å². The Morgan fingerprint density at radius 3 is 2.75 bits per heavy atom. The van der Waals surface area contributed by atoms with Gasteiger partial charge in [-0.2, -0.15) is 8.78 Å². The summed E-state index contributed by atoms with van der Waals surface area (Å²) in [6.07, 6.45) is 1.60. The summed E-state index contributed by atoms with van der Waals surface area (Å²) >= 11 is 0. The van der Waals surface area contributed by atoms with Crippen molar-refractivity contribution in [3.05, 3.63) is 30.1 Å². The van der Waals surface area contributed by atoms with Gasteiger partial charge in [0.15, 0.2) is 0 Å². The second kappa shape index (κ2) is 3.52. The highest BCUT2D eigenvalue weighted by molar-refractivity contribution is 5.76. The van der Waals surface area contributed by atoms with Crippen molar-refractivity contribution in [2.24, 2.45) is 12.8 Å². The van der Waals surface area contributed by atoms with Crippen molar-refractivity contribution >= 4 is 11.0 Å². The van der Waals surface area contributed by atoms with Crippen molar-refractivity contribution in [2.75, 3.05) is 0 Å². The van der Waals surface area contributed by atoms with Gasteiger partial charge in [-0.25, -0.2) is 4.98 Å². The lowest BCUT2D eigenvalue weighted by Gasteiger charge is -2.20. The molecule has 1 unspecified atom stereocenters. The lowest BCUT2D eigenvalue weighted by atomic mass is 10.0. The van der Waals surface area contributed by atoms with E-state index in [4.69, 9.17) is 5.73 Å². The standard InChI is InChI=1S/C11H13F2N3/c1-7(14)11(12,13)8-3-4-10-9(5-8)15-6-16(10)2/h3-7H,14H2,1-2H3. The van der Waals surface area contributed by atoms with E-state index >= 15 is 0 Å². The van der Waals surface area contributed by atoms with Gasteiger partial charge in [0.05, 0.1) is 23.4 Å². The second-order valence-corrected chi connectivity index (χ2v) is 3.97. The Bertz CT molecular complexity index is 517. The highest BCUT2D eigenvalue weighted by Gasteiger charge is 2.36. The van der Waals surface area contributed by atoms with E-state index in [9.17, 15) is 8.78 Å². The van der Waals surface area contributed by atoms with Gasteiger partial charge in [0, 0.05) is 12.6 Å². The first-order valence-corrected chi connectivity index (χ1v) is 4.98. The summed E-state index contributed by atoms with van der Waals surface area (Å²) in [5, 5.41) is 0. The van der Waals surface area contributed by atoms with Crippen LogP contribution in [0.15, 0.2) is 24.5 Å². The maximum Gasteiger partial charge on any atom is 0.287 e. The smallest absolute Gasteiger partial charge is 0.287 e. The molecular formula is C11H13F2N3. The second-order valence-electron chi connectivity index (χ2n) is 3.97. The summed E-state index contributed by atoms with van der Waals surface area (Å²) < 4.78 is 29.1. The van der Waals surface area contributed by atoms with Gasteiger partial charge in [0.2, 0.25) is 0 Å². The Morgan fingerprint density at radius 2 is 2.12 bits per heavy atom. The van der Waals surface area contributed by atoms with Crippen LogP contribution in [0.2, 0.25) is 0 Å². The molecule has 0 radical (unpaired) electrons. The predicted octanol–water partition coefficient (Wildman–Crippen LogP) is 2.01. The molecule has 0 saturated heterocycles. The number of alkyl halides is 2. The quantitative estimate of drug-likeness (QED) is 0.849. The molecule has 1 heterocycles. The first-order chi connectivity index (χ1) is 7.43. The van der Waals surface area contributed by atoms with E-state index < -0.39 is 12.0 Å². The van der Waals surface area contributed by atoms with E-state index in [1.165, 1.54) is 19.1 Å². The number of aryl methyl sites for hydroxylation is 1. The van der Waals surface area contributed by atoms with Crippen LogP contribution in [0.25, 0.3) is 11.0 Å². The molecule has 5 heteroatoms. The van der Waals surface area contributed by atoms with Gasteiger partial charge < -0.3 is 10.3 Å². The number of imidazole rings is 1. The fourth-order valence-corrected chi connectivity index (χ4v) is 1.61. The van der Waals surface area contributed by atoms with Crippen LogP contribution in [-0.2, 0) is 13.0 Å². The molecular weight excluding hydrogens is 212 g/mol. The molecule has 3 nitrogen and oxygen atoms in total. The zero-order valence-corrected chi connectivity index (χ0v) is 9.11. The third-order valence-corrected chi connectivity index (χ3v) is 2.68. The molecule has 0 aliphatic heterocycles. The molecule has 1 aromatic carbocycles. The topological polar surface area (TPSA) is 43.8 Å². The van der Waals surface area contributed by atoms with E-state index in [1.807, 2.05) is 7.05 Å². The molecule has 0 bridgehead atoms. The zero-order valence-electron chi connectivity index (χ0n) is 9.11. The molecule has 0 saturated carbocycles. The summed E-state index contributed by atoms with van der Waals surface area (Å²) in [5.41, 5.74) is 6.57. The molecule has 2 aromatic rings. The van der Waals surface area contributed by atoms with Gasteiger partial charge in [-0.15, -0.1) is 0 Å². The van der Waals surface area contributed by atoms with Crippen LogP contribution < -0.4 is 5.73 Å². The summed E-state index contributed by atoms with van der Waals surface area (Å²) in [5.74, 6) is -3.02. The summed E-state index contributed by atoms with van der Waals surface area (Å²) in [7, 11) is 1.82. The molecule has 1 aromatic heterocycles. The van der Waals surface area contributed by atoms with Crippen LogP contribution in [0.4, 0.5) is 8.78 Å². The maximum atomic E-state index is 13.7. The molecule has 16 heavy (non-hydrogen) atoms. The van der Waals surface area contributed by atoms with Crippen molar-refractivity contribution in [3.8, 4) is 0 Å². The maximum absolute atomic E-state index is 13.7. The number of nitrogens with zero attached hydrogens (tertiary/aromatic N) is 2. The van der Waals surface area contributed by atoms with Crippen LogP contribution in [0.5, 0.6) is 0 Å². The van der Waals surface area contributed by atoms with Gasteiger partial charge in [0.1, 0.15) is 0 Å². The fraction of sp³-hybridized carbons (Fsp3) is 0.364. The Labute approximate surface area is 91.9 Å². The average Bonchev–Trinajstić information content (AvgIpc) is 2.60. The number of nitrogens with two attached hydrogens (primary N) is 1. The Hall–Kier alpha value is -1.49. The predicted molar refractivity (Wildman–Crippen MR) is 58.3 cm³/mol. The fourth-order valence-electron chi connectivity index (χ4n) is 1.61. The van der Waals surface area contributed by atoms with Crippen LogP contribution >= 0.6 is 0 Å². The van der Waals surface area contributed by atoms with Crippen molar-refractivity contribution in [2.45, 2.75) is 18.9 Å². The molecule has 0 aliphatic carbocycles. The Morgan fingerprint density at radius 1 is 1.44 bits per heavy atom. The van der Waals surface area contributed by atoms with Crippen LogP contribution in [0.3, 0.4) is 0 Å². The lowest BCUT2D eigenvalue weighted by Crippen LogP contribution is -2.35. The third kappa shape index (κ3) is 1.57. The molecule has 0 amide bonds. The van der Waals surface area contributed by atoms with E-state index in [1.54, 1.807) is 17.0 Å². The van der Waals surface area contributed by atoms with Crippen LogP contribution in [0, 0.1) is 0 Å². The summed E-state index contributed by atoms with van der Waals surface area (Å²) in [6, 6.07) is 3.20. The highest BCUT2D eigenvalue weighted by atomic mass is 19.3. The molecule has 2 N–H and O–H groups in total. The SMILES string of the molecule is CC(N)C(F)(F)c1ccc2c(c1)ncn2C. The number of aromatic nitrogens is 2. The normalized spacial score (nSPS) is 14.3. The number of hydrogen-bond donors (Lipinski definition) is 1. The van der Waals surface area contributed by atoms with E-state index in [0.717, 1.165) is 5.52 Å². The van der Waals surface area contributed by atoms with Crippen molar-refractivity contribution in [3.63, 3.8) is 0 Å². The first kappa shape index (κ1) is 11.0. The van der Waals surface area contributed by atoms with E-state index in [0.29, 0.717) is 5.52 Å². The van der Waals surface area contributed by atoms with Gasteiger partial charge in [-0.3, -0.25) is 0 Å². The van der Waals surface area contributed by atoms with Crippen molar-refractivity contribution < 1.29 is 8.78 Å². The van der Waals surface area contributed by atoms with Gasteiger partial charge in [-0.05, 0) is 19.1 Å². The minimum Gasteiger partial charge on any atom is -0.334 e. The summed E-state index contributed by atoms with van der Waals surface area (Å²) in [6.45, 7) is 1.29. The minimum atomic E-state index is -3.02. The molecule has 2 rings (SSSR count). The number of halogens is 2. The van der Waals surface area contributed by atoms with E-state index in [-0.39, 0.29) is 5.56 Å². The largest absolute Gasteiger partial charge is 0.334 e. The van der Waals surface area contributed by atoms with Gasteiger partial charge in [0.25, 0.3) is 5.92 Å². The first-order valence-electron chi connectivity index (χ1n) is 4.98. The minimum absolute atomic E-state index is 0.0892. The number of fused-ring (bicyclic) bond motifs is 1. The molecule has 1 atom stereocenters. The number of hydrogen-bond acceptors (Lipinski definition) is 2. The van der Waals surface area contributed by atoms with Gasteiger partial charge in [-0.1, -0.05) is 6.07 Å². The van der Waals surface area contributed by atoms with Crippen LogP contribution in [-0.4, -0.2) is 15.6 Å².